The molecule has 1 aliphatic heterocycles. The van der Waals surface area contributed by atoms with E-state index in [0.29, 0.717) is 13.2 Å². The number of sulfonamides is 1. The monoisotopic (exact) mass is 243 g/mol. The SMILES string of the molecule is C=CS(=O)(=O)N[C@@H]1COC[C@@H]1n1cccn1. The molecule has 2 rings (SSSR count). The summed E-state index contributed by atoms with van der Waals surface area (Å²) in [6.45, 7) is 4.04. The molecule has 0 aliphatic carbocycles. The highest BCUT2D eigenvalue weighted by molar-refractivity contribution is 7.92. The van der Waals surface area contributed by atoms with Gasteiger partial charge in [-0.1, -0.05) is 6.58 Å². The van der Waals surface area contributed by atoms with Crippen LogP contribution in [0.25, 0.3) is 0 Å². The molecule has 0 saturated carbocycles. The fourth-order valence-corrected chi connectivity index (χ4v) is 2.40. The fourth-order valence-electron chi connectivity index (χ4n) is 1.65. The Bertz CT molecular complexity index is 454. The van der Waals surface area contributed by atoms with E-state index in [1.807, 2.05) is 0 Å². The van der Waals surface area contributed by atoms with Crippen LogP contribution in [0.2, 0.25) is 0 Å². The molecule has 0 radical (unpaired) electrons. The van der Waals surface area contributed by atoms with Crippen LogP contribution in [0.4, 0.5) is 0 Å². The van der Waals surface area contributed by atoms with Gasteiger partial charge in [0.05, 0.1) is 25.3 Å². The molecule has 1 saturated heterocycles. The van der Waals surface area contributed by atoms with Crippen molar-refractivity contribution in [2.24, 2.45) is 0 Å². The quantitative estimate of drug-likeness (QED) is 0.800. The molecule has 0 unspecified atom stereocenters. The van der Waals surface area contributed by atoms with Crippen molar-refractivity contribution in [2.45, 2.75) is 12.1 Å². The van der Waals surface area contributed by atoms with Crippen LogP contribution in [0.1, 0.15) is 6.04 Å². The maximum Gasteiger partial charge on any atom is 0.233 e. The number of hydrogen-bond donors (Lipinski definition) is 1. The molecule has 1 aromatic rings. The van der Waals surface area contributed by atoms with E-state index in [4.69, 9.17) is 4.74 Å². The van der Waals surface area contributed by atoms with E-state index < -0.39 is 10.0 Å². The third kappa shape index (κ3) is 2.31. The van der Waals surface area contributed by atoms with Gasteiger partial charge < -0.3 is 4.74 Å². The number of ether oxygens (including phenoxy) is 1. The molecule has 0 aromatic carbocycles. The van der Waals surface area contributed by atoms with Crippen LogP contribution < -0.4 is 4.72 Å². The minimum absolute atomic E-state index is 0.107. The van der Waals surface area contributed by atoms with Crippen molar-refractivity contribution >= 4 is 10.0 Å². The van der Waals surface area contributed by atoms with Crippen LogP contribution in [0.15, 0.2) is 30.4 Å². The first kappa shape index (κ1) is 11.3. The molecule has 1 aliphatic rings. The second kappa shape index (κ2) is 4.36. The molecule has 1 fully saturated rings. The van der Waals surface area contributed by atoms with Gasteiger partial charge in [-0.15, -0.1) is 0 Å². The first-order valence-electron chi connectivity index (χ1n) is 4.84. The minimum atomic E-state index is -3.43. The Morgan fingerprint density at radius 1 is 1.56 bits per heavy atom. The van der Waals surface area contributed by atoms with Gasteiger partial charge in [-0.3, -0.25) is 4.68 Å². The number of hydrogen-bond acceptors (Lipinski definition) is 4. The second-order valence-corrected chi connectivity index (χ2v) is 5.19. The van der Waals surface area contributed by atoms with Gasteiger partial charge in [0.1, 0.15) is 0 Å². The van der Waals surface area contributed by atoms with Gasteiger partial charge in [0, 0.05) is 17.8 Å². The first-order chi connectivity index (χ1) is 7.62. The summed E-state index contributed by atoms with van der Waals surface area (Å²) < 4.78 is 32.2. The zero-order valence-corrected chi connectivity index (χ0v) is 9.43. The summed E-state index contributed by atoms with van der Waals surface area (Å²) in [4.78, 5) is 0. The molecule has 1 N–H and O–H groups in total. The lowest BCUT2D eigenvalue weighted by molar-refractivity contribution is 0.182. The Morgan fingerprint density at radius 2 is 2.38 bits per heavy atom. The van der Waals surface area contributed by atoms with E-state index >= 15 is 0 Å². The van der Waals surface area contributed by atoms with Crippen molar-refractivity contribution < 1.29 is 13.2 Å². The largest absolute Gasteiger partial charge is 0.377 e. The standard InChI is InChI=1S/C9H13N3O3S/c1-2-16(13,14)11-8-6-15-7-9(8)12-5-3-4-10-12/h2-5,8-9,11H,1,6-7H2/t8-,9+/m1/s1. The second-order valence-electron chi connectivity index (χ2n) is 3.53. The van der Waals surface area contributed by atoms with Crippen molar-refractivity contribution in [1.82, 2.24) is 14.5 Å². The summed E-state index contributed by atoms with van der Waals surface area (Å²) in [7, 11) is -3.43. The highest BCUT2D eigenvalue weighted by Gasteiger charge is 2.32. The summed E-state index contributed by atoms with van der Waals surface area (Å²) in [5, 5.41) is 4.97. The summed E-state index contributed by atoms with van der Waals surface area (Å²) >= 11 is 0. The van der Waals surface area contributed by atoms with Crippen molar-refractivity contribution in [3.05, 3.63) is 30.4 Å². The maximum absolute atomic E-state index is 11.4. The molecule has 88 valence electrons. The zero-order chi connectivity index (χ0) is 11.6. The molecule has 0 spiro atoms. The minimum Gasteiger partial charge on any atom is -0.377 e. The highest BCUT2D eigenvalue weighted by atomic mass is 32.2. The smallest absolute Gasteiger partial charge is 0.233 e. The van der Waals surface area contributed by atoms with Crippen LogP contribution in [0.3, 0.4) is 0 Å². The Balaban J connectivity index is 2.13. The van der Waals surface area contributed by atoms with E-state index in [0.717, 1.165) is 5.41 Å². The summed E-state index contributed by atoms with van der Waals surface area (Å²) in [6.07, 6.45) is 3.44. The zero-order valence-electron chi connectivity index (χ0n) is 8.61. The van der Waals surface area contributed by atoms with Gasteiger partial charge >= 0.3 is 0 Å². The van der Waals surface area contributed by atoms with Crippen LogP contribution in [-0.2, 0) is 14.8 Å². The van der Waals surface area contributed by atoms with Crippen LogP contribution in [0.5, 0.6) is 0 Å². The van der Waals surface area contributed by atoms with Gasteiger partial charge in [-0.25, -0.2) is 13.1 Å². The fraction of sp³-hybridized carbons (Fsp3) is 0.444. The summed E-state index contributed by atoms with van der Waals surface area (Å²) in [5.74, 6) is 0. The van der Waals surface area contributed by atoms with Crippen LogP contribution in [0, 0.1) is 0 Å². The van der Waals surface area contributed by atoms with E-state index in [-0.39, 0.29) is 12.1 Å². The average Bonchev–Trinajstić information content (AvgIpc) is 2.86. The third-order valence-corrected chi connectivity index (χ3v) is 3.52. The lowest BCUT2D eigenvalue weighted by atomic mass is 10.2. The van der Waals surface area contributed by atoms with Crippen molar-refractivity contribution in [3.63, 3.8) is 0 Å². The number of nitrogens with zero attached hydrogens (tertiary/aromatic N) is 2. The molecule has 16 heavy (non-hydrogen) atoms. The van der Waals surface area contributed by atoms with Gasteiger partial charge in [0.25, 0.3) is 0 Å². The highest BCUT2D eigenvalue weighted by Crippen LogP contribution is 2.19. The van der Waals surface area contributed by atoms with E-state index in [9.17, 15) is 8.42 Å². The first-order valence-corrected chi connectivity index (χ1v) is 6.38. The molecular weight excluding hydrogens is 230 g/mol. The molecule has 0 amide bonds. The van der Waals surface area contributed by atoms with Crippen LogP contribution in [-0.4, -0.2) is 37.5 Å². The third-order valence-electron chi connectivity index (χ3n) is 2.45. The normalized spacial score (nSPS) is 25.8. The van der Waals surface area contributed by atoms with Crippen molar-refractivity contribution in [2.75, 3.05) is 13.2 Å². The molecule has 2 atom stereocenters. The summed E-state index contributed by atoms with van der Waals surface area (Å²) in [6, 6.07) is 1.38. The Hall–Kier alpha value is -1.18. The molecular formula is C9H13N3O3S. The molecule has 7 heteroatoms. The van der Waals surface area contributed by atoms with E-state index in [1.165, 1.54) is 0 Å². The van der Waals surface area contributed by atoms with Crippen molar-refractivity contribution in [1.29, 1.82) is 0 Å². The van der Waals surface area contributed by atoms with Gasteiger partial charge in [-0.2, -0.15) is 5.10 Å². The lowest BCUT2D eigenvalue weighted by Crippen LogP contribution is -2.39. The predicted octanol–water partition coefficient (Wildman–Crippen LogP) is -0.114. The Morgan fingerprint density at radius 3 is 3.00 bits per heavy atom. The van der Waals surface area contributed by atoms with Crippen molar-refractivity contribution in [3.8, 4) is 0 Å². The maximum atomic E-state index is 11.4. The lowest BCUT2D eigenvalue weighted by Gasteiger charge is -2.18. The van der Waals surface area contributed by atoms with Crippen LogP contribution >= 0.6 is 0 Å². The molecule has 1 aromatic heterocycles. The van der Waals surface area contributed by atoms with E-state index in [2.05, 4.69) is 16.4 Å². The van der Waals surface area contributed by atoms with E-state index in [1.54, 1.807) is 23.1 Å². The topological polar surface area (TPSA) is 73.2 Å². The van der Waals surface area contributed by atoms with Gasteiger partial charge in [0.2, 0.25) is 10.0 Å². The van der Waals surface area contributed by atoms with Gasteiger partial charge in [-0.05, 0) is 6.07 Å². The Labute approximate surface area is 94.0 Å². The Kier molecular flexibility index (Phi) is 3.08. The molecule has 0 bridgehead atoms. The molecule has 2 heterocycles. The summed E-state index contributed by atoms with van der Waals surface area (Å²) in [5.41, 5.74) is 0. The number of aromatic nitrogens is 2. The predicted molar refractivity (Wildman–Crippen MR) is 58.1 cm³/mol. The number of rotatable bonds is 4. The number of nitrogens with one attached hydrogen (secondary N) is 1. The average molecular weight is 243 g/mol. The molecule has 6 nitrogen and oxygen atoms in total. The van der Waals surface area contributed by atoms with Gasteiger partial charge in [0.15, 0.2) is 0 Å².